The number of alkyl halides is 3. The highest BCUT2D eigenvalue weighted by Gasteiger charge is 2.30. The van der Waals surface area contributed by atoms with Crippen LogP contribution < -0.4 is 10.2 Å². The van der Waals surface area contributed by atoms with Crippen molar-refractivity contribution < 1.29 is 22.7 Å². The van der Waals surface area contributed by atoms with Crippen LogP contribution >= 0.6 is 0 Å². The van der Waals surface area contributed by atoms with E-state index in [4.69, 9.17) is 0 Å². The normalized spacial score (nSPS) is 13.6. The van der Waals surface area contributed by atoms with Gasteiger partial charge in [-0.05, 0) is 41.5 Å². The first-order valence-corrected chi connectivity index (χ1v) is 7.78. The molecule has 0 spiro atoms. The summed E-state index contributed by atoms with van der Waals surface area (Å²) in [5, 5.41) is 1.66. The zero-order valence-electron chi connectivity index (χ0n) is 13.5. The number of ether oxygens (including phenoxy) is 1. The van der Waals surface area contributed by atoms with E-state index in [-0.39, 0.29) is 11.7 Å². The number of hydrogen-bond acceptors (Lipinski definition) is 3. The molecule has 1 heterocycles. The fourth-order valence-electron chi connectivity index (χ4n) is 2.41. The van der Waals surface area contributed by atoms with Gasteiger partial charge >= 0.3 is 6.36 Å². The molecule has 1 amide bonds. The number of hydrazine groups is 1. The van der Waals surface area contributed by atoms with Crippen LogP contribution in [0.4, 0.5) is 13.2 Å². The minimum atomic E-state index is -4.71. The summed E-state index contributed by atoms with van der Waals surface area (Å²) in [5.74, 6) is -0.522. The zero-order chi connectivity index (χ0) is 18.6. The molecule has 0 saturated carbocycles. The smallest absolute Gasteiger partial charge is 0.406 e. The lowest BCUT2D eigenvalue weighted by Crippen LogP contribution is -2.39. The fourth-order valence-corrected chi connectivity index (χ4v) is 2.41. The topological polar surface area (TPSA) is 41.6 Å². The molecule has 4 nitrogen and oxygen atoms in total. The van der Waals surface area contributed by atoms with E-state index in [1.54, 1.807) is 35.5 Å². The van der Waals surface area contributed by atoms with Crippen molar-refractivity contribution in [2.24, 2.45) is 0 Å². The molecule has 0 bridgehead atoms. The van der Waals surface area contributed by atoms with Crippen LogP contribution in [0.1, 0.15) is 10.4 Å². The Morgan fingerprint density at radius 3 is 2.12 bits per heavy atom. The van der Waals surface area contributed by atoms with Gasteiger partial charge in [-0.3, -0.25) is 15.2 Å². The Morgan fingerprint density at radius 1 is 0.962 bits per heavy atom. The summed E-state index contributed by atoms with van der Waals surface area (Å²) in [4.78, 5) is 12.2. The summed E-state index contributed by atoms with van der Waals surface area (Å²) in [5.41, 5.74) is 4.73. The van der Waals surface area contributed by atoms with Gasteiger partial charge in [-0.25, -0.2) is 0 Å². The quantitative estimate of drug-likeness (QED) is 0.885. The van der Waals surface area contributed by atoms with Crippen molar-refractivity contribution in [2.45, 2.75) is 6.36 Å². The molecular formula is C19H15F3N2O2. The maximum Gasteiger partial charge on any atom is 0.573 e. The van der Waals surface area contributed by atoms with Crippen molar-refractivity contribution in [3.63, 3.8) is 0 Å². The maximum atomic E-state index is 12.2. The molecule has 0 fully saturated rings. The number of hydrogen-bond donors (Lipinski definition) is 1. The SMILES string of the molecule is O=C(NN1C=CC=CC1)c1ccc(-c2ccc(OC(F)(F)F)cc2)cc1. The van der Waals surface area contributed by atoms with Crippen LogP contribution in [-0.4, -0.2) is 23.8 Å². The average molecular weight is 360 g/mol. The van der Waals surface area contributed by atoms with Crippen molar-refractivity contribution in [2.75, 3.05) is 6.54 Å². The first kappa shape index (κ1) is 17.6. The van der Waals surface area contributed by atoms with Gasteiger partial charge in [-0.1, -0.05) is 36.4 Å². The lowest BCUT2D eigenvalue weighted by Gasteiger charge is -2.21. The summed E-state index contributed by atoms with van der Waals surface area (Å²) >= 11 is 0. The van der Waals surface area contributed by atoms with Crippen molar-refractivity contribution >= 4 is 5.91 Å². The van der Waals surface area contributed by atoms with Crippen molar-refractivity contribution in [3.05, 3.63) is 78.5 Å². The van der Waals surface area contributed by atoms with Crippen molar-refractivity contribution in [1.82, 2.24) is 10.4 Å². The van der Waals surface area contributed by atoms with Crippen LogP contribution in [-0.2, 0) is 0 Å². The first-order chi connectivity index (χ1) is 12.4. The summed E-state index contributed by atoms with van der Waals surface area (Å²) in [7, 11) is 0. The number of amides is 1. The summed E-state index contributed by atoms with van der Waals surface area (Å²) in [6.45, 7) is 0.590. The number of carbonyl (C=O) groups is 1. The predicted octanol–water partition coefficient (Wildman–Crippen LogP) is 4.28. The number of benzene rings is 2. The second-order valence-electron chi connectivity index (χ2n) is 5.51. The molecule has 2 aromatic rings. The molecule has 1 aliphatic heterocycles. The van der Waals surface area contributed by atoms with Gasteiger partial charge in [0, 0.05) is 11.8 Å². The third-order valence-corrected chi connectivity index (χ3v) is 3.63. The molecule has 26 heavy (non-hydrogen) atoms. The highest BCUT2D eigenvalue weighted by Crippen LogP contribution is 2.26. The third kappa shape index (κ3) is 4.66. The zero-order valence-corrected chi connectivity index (χ0v) is 13.5. The number of nitrogens with zero attached hydrogens (tertiary/aromatic N) is 1. The largest absolute Gasteiger partial charge is 0.573 e. The number of nitrogens with one attached hydrogen (secondary N) is 1. The Morgan fingerprint density at radius 2 is 1.58 bits per heavy atom. The predicted molar refractivity (Wildman–Crippen MR) is 91.0 cm³/mol. The van der Waals surface area contributed by atoms with Crippen LogP contribution in [0.5, 0.6) is 5.75 Å². The monoisotopic (exact) mass is 360 g/mol. The van der Waals surface area contributed by atoms with Gasteiger partial charge in [-0.2, -0.15) is 0 Å². The van der Waals surface area contributed by atoms with E-state index in [2.05, 4.69) is 10.2 Å². The summed E-state index contributed by atoms with van der Waals surface area (Å²) in [6.07, 6.45) is 2.67. The molecule has 134 valence electrons. The Kier molecular flexibility index (Phi) is 4.97. The summed E-state index contributed by atoms with van der Waals surface area (Å²) < 4.78 is 40.4. The molecule has 0 unspecified atom stereocenters. The minimum absolute atomic E-state index is 0.245. The van der Waals surface area contributed by atoms with Gasteiger partial charge in [0.2, 0.25) is 0 Å². The molecule has 0 aliphatic carbocycles. The fraction of sp³-hybridized carbons (Fsp3) is 0.105. The highest BCUT2D eigenvalue weighted by molar-refractivity contribution is 5.94. The minimum Gasteiger partial charge on any atom is -0.406 e. The molecule has 0 atom stereocenters. The third-order valence-electron chi connectivity index (χ3n) is 3.63. The van der Waals surface area contributed by atoms with Crippen LogP contribution in [0.2, 0.25) is 0 Å². The molecule has 3 rings (SSSR count). The van der Waals surface area contributed by atoms with Gasteiger partial charge in [0.25, 0.3) is 5.91 Å². The molecule has 0 radical (unpaired) electrons. The van der Waals surface area contributed by atoms with E-state index in [9.17, 15) is 18.0 Å². The maximum absolute atomic E-state index is 12.2. The molecule has 0 saturated heterocycles. The number of carbonyl (C=O) groups excluding carboxylic acids is 1. The molecule has 1 aliphatic rings. The van der Waals surface area contributed by atoms with Gasteiger partial charge < -0.3 is 4.74 Å². The van der Waals surface area contributed by atoms with Crippen LogP contribution in [0.15, 0.2) is 73.0 Å². The molecular weight excluding hydrogens is 345 g/mol. The van der Waals surface area contributed by atoms with Crippen molar-refractivity contribution in [1.29, 1.82) is 0 Å². The standard InChI is InChI=1S/C19H15F3N2O2/c20-19(21,22)26-17-10-8-15(9-11-17)14-4-6-16(7-5-14)18(25)23-24-12-2-1-3-13-24/h1-12H,13H2,(H,23,25). The van der Waals surface area contributed by atoms with E-state index in [0.29, 0.717) is 12.1 Å². The number of halogens is 3. The number of rotatable bonds is 4. The van der Waals surface area contributed by atoms with Crippen LogP contribution in [0, 0.1) is 0 Å². The Bertz CT molecular complexity index is 825. The number of allylic oxidation sites excluding steroid dienone is 2. The molecule has 7 heteroatoms. The van der Waals surface area contributed by atoms with E-state index in [0.717, 1.165) is 11.1 Å². The first-order valence-electron chi connectivity index (χ1n) is 7.78. The van der Waals surface area contributed by atoms with Gasteiger partial charge in [0.1, 0.15) is 5.75 Å². The average Bonchev–Trinajstić information content (AvgIpc) is 2.62. The second kappa shape index (κ2) is 7.35. The van der Waals surface area contributed by atoms with Crippen molar-refractivity contribution in [3.8, 4) is 16.9 Å². The molecule has 1 N–H and O–H groups in total. The van der Waals surface area contributed by atoms with Crippen LogP contribution in [0.25, 0.3) is 11.1 Å². The van der Waals surface area contributed by atoms with Crippen LogP contribution in [0.3, 0.4) is 0 Å². The van der Waals surface area contributed by atoms with Gasteiger partial charge in [0.05, 0.1) is 6.54 Å². The van der Waals surface area contributed by atoms with Gasteiger partial charge in [0.15, 0.2) is 0 Å². The lowest BCUT2D eigenvalue weighted by atomic mass is 10.0. The van der Waals surface area contributed by atoms with E-state index in [1.165, 1.54) is 24.3 Å². The summed E-state index contributed by atoms with van der Waals surface area (Å²) in [6, 6.07) is 12.4. The van der Waals surface area contributed by atoms with Gasteiger partial charge in [-0.15, -0.1) is 13.2 Å². The Labute approximate surface area is 148 Å². The lowest BCUT2D eigenvalue weighted by molar-refractivity contribution is -0.274. The van der Waals surface area contributed by atoms with E-state index < -0.39 is 6.36 Å². The second-order valence-corrected chi connectivity index (χ2v) is 5.51. The highest BCUT2D eigenvalue weighted by atomic mass is 19.4. The van der Waals surface area contributed by atoms with E-state index >= 15 is 0 Å². The Hall–Kier alpha value is -3.22. The molecule has 2 aromatic carbocycles. The van der Waals surface area contributed by atoms with E-state index in [1.807, 2.05) is 18.2 Å². The Balaban J connectivity index is 1.66. The molecule has 0 aromatic heterocycles.